The number of fused-ring (bicyclic) bond motifs is 1. The SMILES string of the molecule is NS(=O)(=O)C12C=CC=CC1C(=O)NC2=O. The summed E-state index contributed by atoms with van der Waals surface area (Å²) in [6.45, 7) is 0. The quantitative estimate of drug-likeness (QED) is 0.528. The van der Waals surface area contributed by atoms with E-state index in [2.05, 4.69) is 0 Å². The third kappa shape index (κ3) is 1.10. The average Bonchev–Trinajstić information content (AvgIpc) is 2.40. The minimum Gasteiger partial charge on any atom is -0.294 e. The van der Waals surface area contributed by atoms with Crippen LogP contribution in [0.2, 0.25) is 0 Å². The van der Waals surface area contributed by atoms with Crippen LogP contribution in [-0.2, 0) is 19.6 Å². The molecule has 80 valence electrons. The fraction of sp³-hybridized carbons (Fsp3) is 0.250. The molecule has 0 spiro atoms. The minimum absolute atomic E-state index is 0.644. The second-order valence-electron chi connectivity index (χ2n) is 3.38. The number of sulfonamides is 1. The molecule has 1 aliphatic carbocycles. The topological polar surface area (TPSA) is 106 Å². The molecule has 6 nitrogen and oxygen atoms in total. The standard InChI is InChI=1S/C8H8N2O4S/c9-15(13,14)8-4-2-1-3-5(8)6(11)10-7(8)12/h1-5H,(H2,9,13,14)(H,10,11,12). The molecule has 0 aromatic heterocycles. The zero-order valence-electron chi connectivity index (χ0n) is 7.51. The zero-order valence-corrected chi connectivity index (χ0v) is 8.32. The summed E-state index contributed by atoms with van der Waals surface area (Å²) >= 11 is 0. The Kier molecular flexibility index (Phi) is 1.86. The molecular formula is C8H8N2O4S. The first-order valence-corrected chi connectivity index (χ1v) is 5.68. The van der Waals surface area contributed by atoms with Crippen LogP contribution in [0.3, 0.4) is 0 Å². The van der Waals surface area contributed by atoms with E-state index < -0.39 is 32.5 Å². The highest BCUT2D eigenvalue weighted by Gasteiger charge is 2.60. The highest BCUT2D eigenvalue weighted by atomic mass is 32.2. The third-order valence-corrected chi connectivity index (χ3v) is 4.08. The van der Waals surface area contributed by atoms with Gasteiger partial charge in [-0.2, -0.15) is 0 Å². The molecule has 3 N–H and O–H groups in total. The maximum atomic E-state index is 11.5. The summed E-state index contributed by atoms with van der Waals surface area (Å²) in [4.78, 5) is 22.8. The van der Waals surface area contributed by atoms with Gasteiger partial charge in [0, 0.05) is 0 Å². The van der Waals surface area contributed by atoms with Gasteiger partial charge >= 0.3 is 0 Å². The number of carbonyl (C=O) groups excluding carboxylic acids is 2. The minimum atomic E-state index is -4.18. The molecule has 0 aromatic rings. The second-order valence-corrected chi connectivity index (χ2v) is 5.14. The van der Waals surface area contributed by atoms with E-state index in [-0.39, 0.29) is 0 Å². The van der Waals surface area contributed by atoms with Crippen LogP contribution in [0.25, 0.3) is 0 Å². The van der Waals surface area contributed by atoms with Crippen molar-refractivity contribution in [1.82, 2.24) is 5.32 Å². The van der Waals surface area contributed by atoms with Crippen LogP contribution in [0.4, 0.5) is 0 Å². The van der Waals surface area contributed by atoms with Gasteiger partial charge in [0.1, 0.15) is 0 Å². The molecule has 0 saturated carbocycles. The van der Waals surface area contributed by atoms with Gasteiger partial charge in [-0.25, -0.2) is 13.6 Å². The van der Waals surface area contributed by atoms with Gasteiger partial charge in [0.15, 0.2) is 4.75 Å². The predicted octanol–water partition coefficient (Wildman–Crippen LogP) is -1.59. The monoisotopic (exact) mass is 228 g/mol. The normalized spacial score (nSPS) is 34.1. The van der Waals surface area contributed by atoms with E-state index in [1.165, 1.54) is 18.2 Å². The molecule has 2 unspecified atom stereocenters. The number of hydrogen-bond donors (Lipinski definition) is 2. The molecule has 0 bridgehead atoms. The van der Waals surface area contributed by atoms with Crippen LogP contribution < -0.4 is 10.5 Å². The summed E-state index contributed by atoms with van der Waals surface area (Å²) in [6, 6.07) is 0. The van der Waals surface area contributed by atoms with Crippen LogP contribution >= 0.6 is 0 Å². The van der Waals surface area contributed by atoms with Crippen LogP contribution in [0.1, 0.15) is 0 Å². The Hall–Kier alpha value is -1.47. The third-order valence-electron chi connectivity index (χ3n) is 2.57. The fourth-order valence-electron chi connectivity index (χ4n) is 1.81. The van der Waals surface area contributed by atoms with E-state index in [4.69, 9.17) is 5.14 Å². The number of nitrogens with one attached hydrogen (secondary N) is 1. The Morgan fingerprint density at radius 1 is 1.33 bits per heavy atom. The van der Waals surface area contributed by atoms with Crippen molar-refractivity contribution in [2.75, 3.05) is 0 Å². The van der Waals surface area contributed by atoms with Crippen LogP contribution in [0.15, 0.2) is 24.3 Å². The molecule has 0 radical (unpaired) electrons. The van der Waals surface area contributed by atoms with E-state index >= 15 is 0 Å². The number of primary sulfonamides is 1. The molecule has 7 heteroatoms. The maximum Gasteiger partial charge on any atom is 0.254 e. The predicted molar refractivity (Wildman–Crippen MR) is 50.8 cm³/mol. The zero-order chi connectivity index (χ0) is 11.3. The lowest BCUT2D eigenvalue weighted by Crippen LogP contribution is -2.51. The average molecular weight is 228 g/mol. The molecular weight excluding hydrogens is 220 g/mol. The molecule has 1 aliphatic heterocycles. The van der Waals surface area contributed by atoms with Crippen LogP contribution in [-0.4, -0.2) is 25.0 Å². The molecule has 2 amide bonds. The Morgan fingerprint density at radius 2 is 2.00 bits per heavy atom. The number of allylic oxidation sites excluding steroid dienone is 2. The molecule has 0 aromatic carbocycles. The summed E-state index contributed by atoms with van der Waals surface area (Å²) in [5.41, 5.74) is 0. The van der Waals surface area contributed by atoms with Gasteiger partial charge in [0.2, 0.25) is 15.9 Å². The van der Waals surface area contributed by atoms with E-state index in [0.29, 0.717) is 0 Å². The van der Waals surface area contributed by atoms with Gasteiger partial charge in [0.25, 0.3) is 5.91 Å². The number of nitrogens with two attached hydrogens (primary N) is 1. The number of amides is 2. The van der Waals surface area contributed by atoms with Gasteiger partial charge in [0.05, 0.1) is 5.92 Å². The van der Waals surface area contributed by atoms with Crippen molar-refractivity contribution in [2.24, 2.45) is 11.1 Å². The van der Waals surface area contributed by atoms with Crippen LogP contribution in [0.5, 0.6) is 0 Å². The summed E-state index contributed by atoms with van der Waals surface area (Å²) in [7, 11) is -4.18. The van der Waals surface area contributed by atoms with Gasteiger partial charge in [-0.3, -0.25) is 14.9 Å². The van der Waals surface area contributed by atoms with E-state index in [1.807, 2.05) is 5.32 Å². The molecule has 1 heterocycles. The lowest BCUT2D eigenvalue weighted by Gasteiger charge is -2.25. The first-order chi connectivity index (χ1) is 6.89. The molecule has 15 heavy (non-hydrogen) atoms. The number of carbonyl (C=O) groups is 2. The van der Waals surface area contributed by atoms with E-state index in [9.17, 15) is 18.0 Å². The number of rotatable bonds is 1. The summed E-state index contributed by atoms with van der Waals surface area (Å²) in [6.07, 6.45) is 5.39. The molecule has 2 aliphatic rings. The van der Waals surface area contributed by atoms with Crippen molar-refractivity contribution in [3.8, 4) is 0 Å². The summed E-state index contributed by atoms with van der Waals surface area (Å²) in [5, 5.41) is 6.98. The first-order valence-electron chi connectivity index (χ1n) is 4.13. The Labute approximate surface area is 85.9 Å². The number of hydrogen-bond acceptors (Lipinski definition) is 4. The Bertz CT molecular complexity index is 505. The van der Waals surface area contributed by atoms with Crippen molar-refractivity contribution >= 4 is 21.8 Å². The van der Waals surface area contributed by atoms with E-state index in [0.717, 1.165) is 6.08 Å². The fourth-order valence-corrected chi connectivity index (χ4v) is 2.93. The van der Waals surface area contributed by atoms with Gasteiger partial charge < -0.3 is 0 Å². The van der Waals surface area contributed by atoms with Crippen molar-refractivity contribution in [3.63, 3.8) is 0 Å². The summed E-state index contributed by atoms with van der Waals surface area (Å²) in [5.74, 6) is -2.60. The van der Waals surface area contributed by atoms with Gasteiger partial charge in [-0.1, -0.05) is 24.3 Å². The first kappa shape index (κ1) is 10.1. The highest BCUT2D eigenvalue weighted by molar-refractivity contribution is 7.91. The summed E-state index contributed by atoms with van der Waals surface area (Å²) < 4.78 is 20.9. The van der Waals surface area contributed by atoms with Crippen molar-refractivity contribution in [2.45, 2.75) is 4.75 Å². The number of imide groups is 1. The maximum absolute atomic E-state index is 11.5. The highest BCUT2D eigenvalue weighted by Crippen LogP contribution is 2.35. The lowest BCUT2D eigenvalue weighted by molar-refractivity contribution is -0.125. The van der Waals surface area contributed by atoms with Crippen molar-refractivity contribution in [3.05, 3.63) is 24.3 Å². The van der Waals surface area contributed by atoms with Crippen molar-refractivity contribution < 1.29 is 18.0 Å². The van der Waals surface area contributed by atoms with Crippen molar-refractivity contribution in [1.29, 1.82) is 0 Å². The smallest absolute Gasteiger partial charge is 0.254 e. The second kappa shape index (κ2) is 2.77. The largest absolute Gasteiger partial charge is 0.294 e. The molecule has 2 atom stereocenters. The molecule has 2 rings (SSSR count). The molecule has 1 saturated heterocycles. The molecule has 1 fully saturated rings. The Balaban J connectivity index is 2.71. The van der Waals surface area contributed by atoms with Crippen LogP contribution in [0, 0.1) is 5.92 Å². The van der Waals surface area contributed by atoms with Gasteiger partial charge in [-0.05, 0) is 0 Å². The van der Waals surface area contributed by atoms with E-state index in [1.54, 1.807) is 0 Å². The van der Waals surface area contributed by atoms with Gasteiger partial charge in [-0.15, -0.1) is 0 Å². The Morgan fingerprint density at radius 3 is 2.53 bits per heavy atom. The lowest BCUT2D eigenvalue weighted by atomic mass is 9.90.